The SMILES string of the molecule is COc1ccc(C=O)cc1OCC(=O)N(CC(C)C)CC(F)(F)F. The van der Waals surface area contributed by atoms with Crippen LogP contribution in [0.5, 0.6) is 11.5 Å². The van der Waals surface area contributed by atoms with Crippen LogP contribution in [0, 0.1) is 5.92 Å². The van der Waals surface area contributed by atoms with E-state index in [0.29, 0.717) is 16.7 Å². The maximum Gasteiger partial charge on any atom is 0.406 e. The molecule has 24 heavy (non-hydrogen) atoms. The Morgan fingerprint density at radius 3 is 2.46 bits per heavy atom. The first-order valence-corrected chi connectivity index (χ1v) is 7.26. The molecule has 0 aromatic heterocycles. The third-order valence-corrected chi connectivity index (χ3v) is 2.98. The summed E-state index contributed by atoms with van der Waals surface area (Å²) >= 11 is 0. The van der Waals surface area contributed by atoms with E-state index in [1.807, 2.05) is 0 Å². The third-order valence-electron chi connectivity index (χ3n) is 2.98. The topological polar surface area (TPSA) is 55.8 Å². The third kappa shape index (κ3) is 6.47. The summed E-state index contributed by atoms with van der Waals surface area (Å²) in [5, 5.41) is 0. The molecule has 1 amide bonds. The van der Waals surface area contributed by atoms with E-state index in [2.05, 4.69) is 0 Å². The summed E-state index contributed by atoms with van der Waals surface area (Å²) in [4.78, 5) is 23.6. The van der Waals surface area contributed by atoms with E-state index in [1.54, 1.807) is 13.8 Å². The van der Waals surface area contributed by atoms with Gasteiger partial charge in [0.25, 0.3) is 5.91 Å². The second-order valence-corrected chi connectivity index (χ2v) is 5.60. The molecule has 0 fully saturated rings. The van der Waals surface area contributed by atoms with Gasteiger partial charge in [0.15, 0.2) is 18.1 Å². The molecule has 0 saturated heterocycles. The minimum Gasteiger partial charge on any atom is -0.493 e. The van der Waals surface area contributed by atoms with Crippen molar-refractivity contribution in [1.29, 1.82) is 0 Å². The molecule has 0 atom stereocenters. The van der Waals surface area contributed by atoms with Gasteiger partial charge in [0.05, 0.1) is 7.11 Å². The molecule has 0 aliphatic carbocycles. The van der Waals surface area contributed by atoms with E-state index in [0.717, 1.165) is 0 Å². The van der Waals surface area contributed by atoms with Crippen LogP contribution in [0.1, 0.15) is 24.2 Å². The number of hydrogen-bond donors (Lipinski definition) is 0. The van der Waals surface area contributed by atoms with E-state index in [9.17, 15) is 22.8 Å². The van der Waals surface area contributed by atoms with E-state index < -0.39 is 25.2 Å². The van der Waals surface area contributed by atoms with Crippen LogP contribution < -0.4 is 9.47 Å². The molecule has 1 aromatic rings. The lowest BCUT2D eigenvalue weighted by molar-refractivity contribution is -0.163. The van der Waals surface area contributed by atoms with Crippen LogP contribution in [0.4, 0.5) is 13.2 Å². The number of amides is 1. The molecule has 5 nitrogen and oxygen atoms in total. The summed E-state index contributed by atoms with van der Waals surface area (Å²) in [5.41, 5.74) is 0.299. The fourth-order valence-electron chi connectivity index (χ4n) is 2.02. The Morgan fingerprint density at radius 1 is 1.29 bits per heavy atom. The monoisotopic (exact) mass is 347 g/mol. The van der Waals surface area contributed by atoms with Crippen LogP contribution in [-0.4, -0.2) is 50.1 Å². The zero-order chi connectivity index (χ0) is 18.3. The van der Waals surface area contributed by atoms with Gasteiger partial charge in [-0.2, -0.15) is 13.2 Å². The smallest absolute Gasteiger partial charge is 0.406 e. The predicted octanol–water partition coefficient (Wildman–Crippen LogP) is 2.93. The van der Waals surface area contributed by atoms with Crippen molar-refractivity contribution in [3.63, 3.8) is 0 Å². The normalized spacial score (nSPS) is 11.3. The summed E-state index contributed by atoms with van der Waals surface area (Å²) in [6.07, 6.45) is -3.90. The second kappa shape index (κ2) is 8.56. The number of rotatable bonds is 8. The second-order valence-electron chi connectivity index (χ2n) is 5.60. The van der Waals surface area contributed by atoms with Crippen LogP contribution in [0.25, 0.3) is 0 Å². The Bertz CT molecular complexity index is 573. The molecule has 0 radical (unpaired) electrons. The van der Waals surface area contributed by atoms with E-state index in [-0.39, 0.29) is 24.0 Å². The van der Waals surface area contributed by atoms with Crippen LogP contribution in [0.2, 0.25) is 0 Å². The number of halogens is 3. The number of aldehydes is 1. The van der Waals surface area contributed by atoms with E-state index in [1.165, 1.54) is 25.3 Å². The maximum atomic E-state index is 12.6. The van der Waals surface area contributed by atoms with Crippen LogP contribution >= 0.6 is 0 Å². The molecule has 0 bridgehead atoms. The molecule has 0 aliphatic heterocycles. The Labute approximate surface area is 138 Å². The highest BCUT2D eigenvalue weighted by Gasteiger charge is 2.33. The van der Waals surface area contributed by atoms with Crippen LogP contribution in [-0.2, 0) is 4.79 Å². The average molecular weight is 347 g/mol. The average Bonchev–Trinajstić information content (AvgIpc) is 2.49. The van der Waals surface area contributed by atoms with Crippen molar-refractivity contribution in [2.75, 3.05) is 26.8 Å². The molecule has 134 valence electrons. The zero-order valence-electron chi connectivity index (χ0n) is 13.7. The van der Waals surface area contributed by atoms with Gasteiger partial charge in [0.1, 0.15) is 12.8 Å². The molecular weight excluding hydrogens is 327 g/mol. The van der Waals surface area contributed by atoms with Crippen molar-refractivity contribution in [3.05, 3.63) is 23.8 Å². The first-order valence-electron chi connectivity index (χ1n) is 7.26. The molecular formula is C16H20F3NO4. The molecule has 0 unspecified atom stereocenters. The number of methoxy groups -OCH3 is 1. The number of alkyl halides is 3. The molecule has 0 saturated carbocycles. The lowest BCUT2D eigenvalue weighted by Crippen LogP contribution is -2.43. The summed E-state index contributed by atoms with van der Waals surface area (Å²) in [6, 6.07) is 4.33. The van der Waals surface area contributed by atoms with Crippen molar-refractivity contribution in [1.82, 2.24) is 4.90 Å². The summed E-state index contributed by atoms with van der Waals surface area (Å²) in [5.74, 6) is -0.518. The van der Waals surface area contributed by atoms with Gasteiger partial charge >= 0.3 is 6.18 Å². The molecule has 1 rings (SSSR count). The Hall–Kier alpha value is -2.25. The quantitative estimate of drug-likeness (QED) is 0.679. The zero-order valence-corrected chi connectivity index (χ0v) is 13.7. The maximum absolute atomic E-state index is 12.6. The number of benzene rings is 1. The van der Waals surface area contributed by atoms with Crippen LogP contribution in [0.3, 0.4) is 0 Å². The lowest BCUT2D eigenvalue weighted by Gasteiger charge is -2.25. The van der Waals surface area contributed by atoms with Crippen molar-refractivity contribution in [2.45, 2.75) is 20.0 Å². The Balaban J connectivity index is 2.82. The van der Waals surface area contributed by atoms with Gasteiger partial charge in [0.2, 0.25) is 0 Å². The van der Waals surface area contributed by atoms with Gasteiger partial charge in [-0.15, -0.1) is 0 Å². The van der Waals surface area contributed by atoms with E-state index in [4.69, 9.17) is 9.47 Å². The number of carbonyl (C=O) groups excluding carboxylic acids is 2. The predicted molar refractivity (Wildman–Crippen MR) is 81.3 cm³/mol. The van der Waals surface area contributed by atoms with Crippen molar-refractivity contribution in [3.8, 4) is 11.5 Å². The van der Waals surface area contributed by atoms with Crippen molar-refractivity contribution < 1.29 is 32.2 Å². The minimum atomic E-state index is -4.49. The molecule has 1 aromatic carbocycles. The van der Waals surface area contributed by atoms with Gasteiger partial charge < -0.3 is 14.4 Å². The molecule has 8 heteroatoms. The fourth-order valence-corrected chi connectivity index (χ4v) is 2.02. The first-order chi connectivity index (χ1) is 11.2. The fraction of sp³-hybridized carbons (Fsp3) is 0.500. The number of nitrogens with zero attached hydrogens (tertiary/aromatic N) is 1. The van der Waals surface area contributed by atoms with E-state index >= 15 is 0 Å². The highest BCUT2D eigenvalue weighted by molar-refractivity contribution is 5.79. The van der Waals surface area contributed by atoms with Gasteiger partial charge in [0, 0.05) is 12.1 Å². The molecule has 0 heterocycles. The van der Waals surface area contributed by atoms with Gasteiger partial charge in [-0.25, -0.2) is 0 Å². The van der Waals surface area contributed by atoms with Gasteiger partial charge in [-0.05, 0) is 24.1 Å². The largest absolute Gasteiger partial charge is 0.493 e. The summed E-state index contributed by atoms with van der Waals surface area (Å²) in [7, 11) is 1.37. The first kappa shape index (κ1) is 19.8. The van der Waals surface area contributed by atoms with Gasteiger partial charge in [-0.1, -0.05) is 13.8 Å². The molecule has 0 spiro atoms. The highest BCUT2D eigenvalue weighted by Crippen LogP contribution is 2.27. The van der Waals surface area contributed by atoms with Gasteiger partial charge in [-0.3, -0.25) is 9.59 Å². The highest BCUT2D eigenvalue weighted by atomic mass is 19.4. The molecule has 0 aliphatic rings. The summed E-state index contributed by atoms with van der Waals surface area (Å²) in [6.45, 7) is 1.48. The number of carbonyl (C=O) groups is 2. The Morgan fingerprint density at radius 2 is 1.96 bits per heavy atom. The van der Waals surface area contributed by atoms with Crippen LogP contribution in [0.15, 0.2) is 18.2 Å². The Kier molecular flexibility index (Phi) is 7.06. The molecule has 0 N–H and O–H groups in total. The van der Waals surface area contributed by atoms with Crippen molar-refractivity contribution >= 4 is 12.2 Å². The number of ether oxygens (including phenoxy) is 2. The standard InChI is InChI=1S/C16H20F3NO4/c1-11(2)7-20(10-16(17,18)19)15(22)9-24-14-6-12(8-21)4-5-13(14)23-3/h4-6,8,11H,7,9-10H2,1-3H3. The number of hydrogen-bond acceptors (Lipinski definition) is 4. The minimum absolute atomic E-state index is 0.0345. The van der Waals surface area contributed by atoms with Crippen molar-refractivity contribution in [2.24, 2.45) is 5.92 Å². The lowest BCUT2D eigenvalue weighted by atomic mass is 10.2. The summed E-state index contributed by atoms with van der Waals surface area (Å²) < 4.78 is 48.1.